The van der Waals surface area contributed by atoms with Crippen LogP contribution in [0.25, 0.3) is 11.4 Å². The number of carbonyl (C=O) groups is 1. The van der Waals surface area contributed by atoms with E-state index in [9.17, 15) is 14.7 Å². The Morgan fingerprint density at radius 1 is 1.25 bits per heavy atom. The van der Waals surface area contributed by atoms with E-state index >= 15 is 0 Å². The minimum atomic E-state index is -1.36. The van der Waals surface area contributed by atoms with E-state index in [1.807, 2.05) is 12.1 Å². The SMILES string of the molecule is CC1(C)Oc2ccc(-c3nnnn3CCCC(=O)O)cc2[C@H](c2ccc(=O)[nH]n2)[C@]1(C)O. The zero-order chi connectivity index (χ0) is 23.1. The molecule has 4 rings (SSSR count). The highest BCUT2D eigenvalue weighted by molar-refractivity contribution is 5.66. The number of fused-ring (bicyclic) bond motifs is 1. The molecule has 1 aliphatic rings. The summed E-state index contributed by atoms with van der Waals surface area (Å²) in [5.41, 5.74) is -0.802. The summed E-state index contributed by atoms with van der Waals surface area (Å²) in [5, 5.41) is 38.8. The number of H-pyrrole nitrogens is 1. The number of rotatable bonds is 6. The predicted octanol–water partition coefficient (Wildman–Crippen LogP) is 1.34. The standard InChI is InChI=1S/C21H24N6O5/c1-20(2)21(3,31)18(14-7-9-16(28)23-22-14)13-11-12(6-8-15(13)32-20)19-24-25-26-27(19)10-4-5-17(29)30/h6-9,11,18,31H,4-5,10H2,1-3H3,(H,23,28)(H,29,30)/t18-,21+/m1/s1. The van der Waals surface area contributed by atoms with Gasteiger partial charge < -0.3 is 14.9 Å². The normalized spacial score (nSPS) is 21.6. The molecule has 0 spiro atoms. The number of aromatic nitrogens is 6. The van der Waals surface area contributed by atoms with E-state index in [0.717, 1.165) is 0 Å². The average molecular weight is 440 g/mol. The van der Waals surface area contributed by atoms with Gasteiger partial charge in [-0.3, -0.25) is 9.59 Å². The van der Waals surface area contributed by atoms with Crippen LogP contribution in [0.5, 0.6) is 5.75 Å². The van der Waals surface area contributed by atoms with Crippen LogP contribution in [0.4, 0.5) is 0 Å². The summed E-state index contributed by atoms with van der Waals surface area (Å²) in [7, 11) is 0. The molecule has 1 aromatic carbocycles. The van der Waals surface area contributed by atoms with Crippen molar-refractivity contribution in [2.75, 3.05) is 0 Å². The number of aromatic amines is 1. The van der Waals surface area contributed by atoms with Gasteiger partial charge in [-0.25, -0.2) is 9.78 Å². The number of hydrogen-bond donors (Lipinski definition) is 3. The third-order valence-electron chi connectivity index (χ3n) is 6.01. The number of aliphatic carboxylic acids is 1. The Morgan fingerprint density at radius 3 is 2.72 bits per heavy atom. The second-order valence-electron chi connectivity index (χ2n) is 8.51. The molecule has 0 saturated carbocycles. The maximum Gasteiger partial charge on any atom is 0.303 e. The van der Waals surface area contributed by atoms with Crippen LogP contribution < -0.4 is 10.3 Å². The van der Waals surface area contributed by atoms with Crippen molar-refractivity contribution in [3.8, 4) is 17.1 Å². The first-order valence-electron chi connectivity index (χ1n) is 10.2. The van der Waals surface area contributed by atoms with Crippen molar-refractivity contribution >= 4 is 5.97 Å². The van der Waals surface area contributed by atoms with E-state index < -0.39 is 23.1 Å². The van der Waals surface area contributed by atoms with E-state index in [2.05, 4.69) is 25.7 Å². The van der Waals surface area contributed by atoms with Crippen molar-refractivity contribution in [2.24, 2.45) is 0 Å². The molecule has 11 heteroatoms. The molecule has 3 heterocycles. The number of hydrogen-bond acceptors (Lipinski definition) is 8. The second-order valence-corrected chi connectivity index (χ2v) is 8.51. The molecule has 0 amide bonds. The van der Waals surface area contributed by atoms with Crippen LogP contribution in [0, 0.1) is 0 Å². The Morgan fingerprint density at radius 2 is 2.03 bits per heavy atom. The summed E-state index contributed by atoms with van der Waals surface area (Å²) >= 11 is 0. The Bertz CT molecular complexity index is 1190. The zero-order valence-electron chi connectivity index (χ0n) is 17.9. The second kappa shape index (κ2) is 7.83. The highest BCUT2D eigenvalue weighted by Gasteiger charge is 2.53. The van der Waals surface area contributed by atoms with E-state index in [1.165, 1.54) is 6.07 Å². The molecule has 3 aromatic rings. The molecule has 3 N–H and O–H groups in total. The molecule has 168 valence electrons. The zero-order valence-corrected chi connectivity index (χ0v) is 17.9. The molecule has 2 aromatic heterocycles. The van der Waals surface area contributed by atoms with Crippen molar-refractivity contribution in [2.45, 2.75) is 57.3 Å². The molecule has 11 nitrogen and oxygen atoms in total. The highest BCUT2D eigenvalue weighted by atomic mass is 16.5. The fourth-order valence-corrected chi connectivity index (χ4v) is 3.94. The number of aryl methyl sites for hydroxylation is 1. The molecule has 0 bridgehead atoms. The molecular formula is C21H24N6O5. The van der Waals surface area contributed by atoms with Crippen LogP contribution in [0.2, 0.25) is 0 Å². The quantitative estimate of drug-likeness (QED) is 0.514. The van der Waals surface area contributed by atoms with Crippen molar-refractivity contribution < 1.29 is 19.7 Å². The van der Waals surface area contributed by atoms with Gasteiger partial charge >= 0.3 is 5.97 Å². The number of aliphatic hydroxyl groups is 1. The molecule has 0 aliphatic carbocycles. The number of benzene rings is 1. The topological polar surface area (TPSA) is 156 Å². The molecule has 2 atom stereocenters. The Labute approximate surface area is 183 Å². The monoisotopic (exact) mass is 440 g/mol. The number of nitrogens with zero attached hydrogens (tertiary/aromatic N) is 5. The summed E-state index contributed by atoms with van der Waals surface area (Å²) < 4.78 is 7.68. The number of nitrogens with one attached hydrogen (secondary N) is 1. The maximum atomic E-state index is 11.5. The minimum absolute atomic E-state index is 0.00916. The minimum Gasteiger partial charge on any atom is -0.485 e. The molecule has 0 radical (unpaired) electrons. The van der Waals surface area contributed by atoms with Crippen LogP contribution in [-0.2, 0) is 11.3 Å². The van der Waals surface area contributed by atoms with E-state index in [4.69, 9.17) is 9.84 Å². The number of carboxylic acid groups (broad SMARTS) is 1. The first-order valence-corrected chi connectivity index (χ1v) is 10.2. The van der Waals surface area contributed by atoms with E-state index in [-0.39, 0.29) is 12.0 Å². The number of ether oxygens (including phenoxy) is 1. The maximum absolute atomic E-state index is 11.5. The molecular weight excluding hydrogens is 416 g/mol. The van der Waals surface area contributed by atoms with Crippen molar-refractivity contribution in [1.82, 2.24) is 30.4 Å². The Kier molecular flexibility index (Phi) is 5.29. The third kappa shape index (κ3) is 3.75. The van der Waals surface area contributed by atoms with Gasteiger partial charge in [0.25, 0.3) is 5.56 Å². The highest BCUT2D eigenvalue weighted by Crippen LogP contribution is 2.50. The Balaban J connectivity index is 1.79. The van der Waals surface area contributed by atoms with Crippen LogP contribution in [-0.4, -0.2) is 57.8 Å². The first-order chi connectivity index (χ1) is 15.1. The van der Waals surface area contributed by atoms with Crippen molar-refractivity contribution in [3.05, 3.63) is 51.9 Å². The number of carboxylic acids is 1. The molecule has 0 saturated heterocycles. The Hall–Kier alpha value is -3.60. The molecule has 32 heavy (non-hydrogen) atoms. The third-order valence-corrected chi connectivity index (χ3v) is 6.01. The fourth-order valence-electron chi connectivity index (χ4n) is 3.94. The molecule has 0 fully saturated rings. The van der Waals surface area contributed by atoms with Gasteiger partial charge in [0.2, 0.25) is 0 Å². The lowest BCUT2D eigenvalue weighted by molar-refractivity contribution is -0.137. The summed E-state index contributed by atoms with van der Waals surface area (Å²) in [5.74, 6) is -0.440. The average Bonchev–Trinajstić information content (AvgIpc) is 3.18. The summed E-state index contributed by atoms with van der Waals surface area (Å²) in [4.78, 5) is 22.4. The summed E-state index contributed by atoms with van der Waals surface area (Å²) in [6.45, 7) is 5.62. The lowest BCUT2D eigenvalue weighted by Crippen LogP contribution is -2.58. The van der Waals surface area contributed by atoms with Gasteiger partial charge in [-0.15, -0.1) is 5.10 Å². The fraction of sp³-hybridized carbons (Fsp3) is 0.429. The van der Waals surface area contributed by atoms with Gasteiger partial charge in [0.05, 0.1) is 11.6 Å². The van der Waals surface area contributed by atoms with Gasteiger partial charge in [0.1, 0.15) is 17.0 Å². The van der Waals surface area contributed by atoms with Gasteiger partial charge in [-0.05, 0) is 61.9 Å². The lowest BCUT2D eigenvalue weighted by atomic mass is 9.69. The van der Waals surface area contributed by atoms with E-state index in [0.29, 0.717) is 41.4 Å². The van der Waals surface area contributed by atoms with Crippen LogP contribution in [0.15, 0.2) is 35.1 Å². The van der Waals surface area contributed by atoms with Gasteiger partial charge in [0, 0.05) is 30.2 Å². The predicted molar refractivity (Wildman–Crippen MR) is 112 cm³/mol. The summed E-state index contributed by atoms with van der Waals surface area (Å²) in [6.07, 6.45) is 0.392. The van der Waals surface area contributed by atoms with Crippen LogP contribution in [0.3, 0.4) is 0 Å². The van der Waals surface area contributed by atoms with Gasteiger partial charge in [-0.1, -0.05) is 0 Å². The molecule has 0 unspecified atom stereocenters. The smallest absolute Gasteiger partial charge is 0.303 e. The lowest BCUT2D eigenvalue weighted by Gasteiger charge is -2.49. The largest absolute Gasteiger partial charge is 0.485 e. The van der Waals surface area contributed by atoms with E-state index in [1.54, 1.807) is 37.6 Å². The van der Waals surface area contributed by atoms with Crippen molar-refractivity contribution in [3.63, 3.8) is 0 Å². The summed E-state index contributed by atoms with van der Waals surface area (Å²) in [6, 6.07) is 8.39. The van der Waals surface area contributed by atoms with Crippen LogP contribution in [0.1, 0.15) is 50.8 Å². The van der Waals surface area contributed by atoms with Gasteiger partial charge in [0.15, 0.2) is 5.82 Å². The number of tetrazole rings is 1. The van der Waals surface area contributed by atoms with Crippen LogP contribution >= 0.6 is 0 Å². The van der Waals surface area contributed by atoms with Gasteiger partial charge in [-0.2, -0.15) is 5.10 Å². The molecule has 1 aliphatic heterocycles. The van der Waals surface area contributed by atoms with Crippen molar-refractivity contribution in [1.29, 1.82) is 0 Å². The first kappa shape index (κ1) is 21.6.